The number of ether oxygens (including phenoxy) is 2. The van der Waals surface area contributed by atoms with Gasteiger partial charge in [-0.15, -0.1) is 0 Å². The van der Waals surface area contributed by atoms with E-state index in [1.807, 2.05) is 24.3 Å². The van der Waals surface area contributed by atoms with E-state index in [9.17, 15) is 9.90 Å². The number of hydrogen-bond acceptors (Lipinski definition) is 7. The fourth-order valence-electron chi connectivity index (χ4n) is 3.56. The van der Waals surface area contributed by atoms with Crippen LogP contribution in [-0.4, -0.2) is 68.7 Å². The van der Waals surface area contributed by atoms with Gasteiger partial charge in [0, 0.05) is 38.6 Å². The van der Waals surface area contributed by atoms with E-state index in [2.05, 4.69) is 16.0 Å². The molecule has 26 heavy (non-hydrogen) atoms. The quantitative estimate of drug-likeness (QED) is 0.500. The van der Waals surface area contributed by atoms with Crippen LogP contribution in [0.15, 0.2) is 24.3 Å². The van der Waals surface area contributed by atoms with Crippen molar-refractivity contribution < 1.29 is 19.4 Å². The number of esters is 1. The van der Waals surface area contributed by atoms with E-state index in [-0.39, 0.29) is 12.0 Å². The predicted molar refractivity (Wildman–Crippen MR) is 98.3 cm³/mol. The SMILES string of the molecule is COc1ccc(C[C@H]2NC[C@H](O)[C@H]2OC(=O)CC[C@H]2CNCCN2)cc1. The van der Waals surface area contributed by atoms with Gasteiger partial charge in [-0.1, -0.05) is 12.1 Å². The van der Waals surface area contributed by atoms with Gasteiger partial charge in [-0.05, 0) is 30.5 Å². The first-order chi connectivity index (χ1) is 12.7. The van der Waals surface area contributed by atoms with Crippen molar-refractivity contribution in [2.24, 2.45) is 0 Å². The standard InChI is InChI=1S/C19H29N3O4/c1-25-15-5-2-13(3-6-15)10-16-19(17(23)12-22-16)26-18(24)7-4-14-11-20-8-9-21-14/h2-3,5-6,14,16-17,19-23H,4,7-12H2,1H3/t14-,16+,17-,19-/m0/s1. The number of aliphatic hydroxyl groups is 1. The molecule has 4 atom stereocenters. The lowest BCUT2D eigenvalue weighted by atomic mass is 10.0. The lowest BCUT2D eigenvalue weighted by molar-refractivity contribution is -0.154. The van der Waals surface area contributed by atoms with Crippen LogP contribution in [0.3, 0.4) is 0 Å². The molecule has 0 aliphatic carbocycles. The maximum atomic E-state index is 12.2. The first-order valence-corrected chi connectivity index (χ1v) is 9.33. The van der Waals surface area contributed by atoms with E-state index in [0.29, 0.717) is 25.4 Å². The van der Waals surface area contributed by atoms with Gasteiger partial charge in [-0.2, -0.15) is 0 Å². The highest BCUT2D eigenvalue weighted by Gasteiger charge is 2.37. The first kappa shape index (κ1) is 19.1. The van der Waals surface area contributed by atoms with Crippen molar-refractivity contribution in [3.8, 4) is 5.75 Å². The summed E-state index contributed by atoms with van der Waals surface area (Å²) in [5.74, 6) is 0.562. The number of hydrogen-bond donors (Lipinski definition) is 4. The second-order valence-electron chi connectivity index (χ2n) is 6.98. The van der Waals surface area contributed by atoms with Crippen molar-refractivity contribution in [1.82, 2.24) is 16.0 Å². The Morgan fingerprint density at radius 2 is 2.00 bits per heavy atom. The number of carbonyl (C=O) groups excluding carboxylic acids is 1. The fraction of sp³-hybridized carbons (Fsp3) is 0.632. The molecular formula is C19H29N3O4. The Hall–Kier alpha value is -1.67. The number of nitrogens with one attached hydrogen (secondary N) is 3. The van der Waals surface area contributed by atoms with Gasteiger partial charge < -0.3 is 30.5 Å². The number of methoxy groups -OCH3 is 1. The van der Waals surface area contributed by atoms with Gasteiger partial charge >= 0.3 is 5.97 Å². The number of β-amino-alcohol motifs (C(OH)–C–C–N with tert-alkyl or cyclic N) is 1. The van der Waals surface area contributed by atoms with E-state index in [1.54, 1.807) is 7.11 Å². The molecule has 1 aromatic carbocycles. The van der Waals surface area contributed by atoms with Crippen molar-refractivity contribution in [2.75, 3.05) is 33.3 Å². The van der Waals surface area contributed by atoms with Gasteiger partial charge in [0.25, 0.3) is 0 Å². The average molecular weight is 363 g/mol. The largest absolute Gasteiger partial charge is 0.497 e. The Balaban J connectivity index is 1.49. The highest BCUT2D eigenvalue weighted by atomic mass is 16.6. The van der Waals surface area contributed by atoms with Crippen LogP contribution >= 0.6 is 0 Å². The molecule has 0 amide bonds. The highest BCUT2D eigenvalue weighted by Crippen LogP contribution is 2.20. The van der Waals surface area contributed by atoms with E-state index in [1.165, 1.54) is 0 Å². The summed E-state index contributed by atoms with van der Waals surface area (Å²) in [5.41, 5.74) is 1.11. The molecule has 0 radical (unpaired) electrons. The molecule has 2 fully saturated rings. The summed E-state index contributed by atoms with van der Waals surface area (Å²) in [6, 6.07) is 8.02. The zero-order valence-corrected chi connectivity index (χ0v) is 15.2. The Bertz CT molecular complexity index is 575. The van der Waals surface area contributed by atoms with Crippen LogP contribution in [-0.2, 0) is 16.0 Å². The molecule has 7 heteroatoms. The van der Waals surface area contributed by atoms with E-state index in [0.717, 1.165) is 37.4 Å². The van der Waals surface area contributed by atoms with E-state index < -0.39 is 12.2 Å². The highest BCUT2D eigenvalue weighted by molar-refractivity contribution is 5.69. The lowest BCUT2D eigenvalue weighted by Gasteiger charge is -2.25. The molecule has 0 bridgehead atoms. The molecule has 2 saturated heterocycles. The number of rotatable bonds is 7. The predicted octanol–water partition coefficient (Wildman–Crippen LogP) is -0.176. The summed E-state index contributed by atoms with van der Waals surface area (Å²) in [6.45, 7) is 3.21. The summed E-state index contributed by atoms with van der Waals surface area (Å²) in [6.07, 6.45) is 0.606. The van der Waals surface area contributed by atoms with Gasteiger partial charge in [0.15, 0.2) is 0 Å². The molecule has 7 nitrogen and oxygen atoms in total. The van der Waals surface area contributed by atoms with Crippen molar-refractivity contribution in [2.45, 2.75) is 43.6 Å². The zero-order chi connectivity index (χ0) is 18.4. The second-order valence-corrected chi connectivity index (χ2v) is 6.98. The van der Waals surface area contributed by atoms with Crippen molar-refractivity contribution in [3.05, 3.63) is 29.8 Å². The molecule has 2 aliphatic rings. The topological polar surface area (TPSA) is 91.8 Å². The number of carbonyl (C=O) groups is 1. The molecule has 4 N–H and O–H groups in total. The van der Waals surface area contributed by atoms with Crippen LogP contribution in [0, 0.1) is 0 Å². The minimum atomic E-state index is -0.670. The minimum Gasteiger partial charge on any atom is -0.497 e. The third-order valence-electron chi connectivity index (χ3n) is 5.07. The smallest absolute Gasteiger partial charge is 0.306 e. The summed E-state index contributed by atoms with van der Waals surface area (Å²) in [4.78, 5) is 12.2. The van der Waals surface area contributed by atoms with E-state index in [4.69, 9.17) is 9.47 Å². The van der Waals surface area contributed by atoms with Gasteiger partial charge in [0.1, 0.15) is 18.0 Å². The monoisotopic (exact) mass is 363 g/mol. The van der Waals surface area contributed by atoms with Crippen LogP contribution in [0.25, 0.3) is 0 Å². The third kappa shape index (κ3) is 5.17. The molecule has 3 rings (SSSR count). The molecule has 2 heterocycles. The molecule has 0 aromatic heterocycles. The van der Waals surface area contributed by atoms with Crippen LogP contribution in [0.2, 0.25) is 0 Å². The lowest BCUT2D eigenvalue weighted by Crippen LogP contribution is -2.48. The van der Waals surface area contributed by atoms with Gasteiger partial charge in [-0.25, -0.2) is 0 Å². The summed E-state index contributed by atoms with van der Waals surface area (Å²) in [5, 5.41) is 20.2. The summed E-state index contributed by atoms with van der Waals surface area (Å²) >= 11 is 0. The molecule has 1 aromatic rings. The zero-order valence-electron chi connectivity index (χ0n) is 15.2. The first-order valence-electron chi connectivity index (χ1n) is 9.33. The van der Waals surface area contributed by atoms with Gasteiger partial charge in [0.05, 0.1) is 13.2 Å². The van der Waals surface area contributed by atoms with Crippen LogP contribution in [0.5, 0.6) is 5.75 Å². The maximum absolute atomic E-state index is 12.2. The Morgan fingerprint density at radius 1 is 1.19 bits per heavy atom. The second kappa shape index (κ2) is 9.32. The maximum Gasteiger partial charge on any atom is 0.306 e. The Kier molecular flexibility index (Phi) is 6.85. The Morgan fingerprint density at radius 3 is 2.69 bits per heavy atom. The number of piperazine rings is 1. The minimum absolute atomic E-state index is 0.0863. The van der Waals surface area contributed by atoms with Crippen molar-refractivity contribution in [1.29, 1.82) is 0 Å². The molecule has 0 spiro atoms. The number of aliphatic hydroxyl groups excluding tert-OH is 1. The molecular weight excluding hydrogens is 334 g/mol. The molecule has 144 valence electrons. The normalized spacial score (nSPS) is 28.7. The van der Waals surface area contributed by atoms with Gasteiger partial charge in [-0.3, -0.25) is 4.79 Å². The Labute approximate surface area is 154 Å². The molecule has 0 saturated carbocycles. The van der Waals surface area contributed by atoms with Crippen molar-refractivity contribution in [3.63, 3.8) is 0 Å². The fourth-order valence-corrected chi connectivity index (χ4v) is 3.56. The van der Waals surface area contributed by atoms with Crippen LogP contribution in [0.4, 0.5) is 0 Å². The third-order valence-corrected chi connectivity index (χ3v) is 5.07. The molecule has 0 unspecified atom stereocenters. The van der Waals surface area contributed by atoms with E-state index >= 15 is 0 Å². The molecule has 2 aliphatic heterocycles. The summed E-state index contributed by atoms with van der Waals surface area (Å²) in [7, 11) is 1.64. The van der Waals surface area contributed by atoms with Crippen molar-refractivity contribution >= 4 is 5.97 Å². The van der Waals surface area contributed by atoms with Crippen LogP contribution in [0.1, 0.15) is 18.4 Å². The number of benzene rings is 1. The van der Waals surface area contributed by atoms with Crippen LogP contribution < -0.4 is 20.7 Å². The summed E-state index contributed by atoms with van der Waals surface area (Å²) < 4.78 is 10.8. The average Bonchev–Trinajstić information content (AvgIpc) is 3.01. The van der Waals surface area contributed by atoms with Gasteiger partial charge in [0.2, 0.25) is 0 Å².